The van der Waals surface area contributed by atoms with Crippen molar-refractivity contribution < 1.29 is 19.1 Å². The fourth-order valence-corrected chi connectivity index (χ4v) is 2.36. The third kappa shape index (κ3) is 2.40. The highest BCUT2D eigenvalue weighted by Crippen LogP contribution is 2.32. The smallest absolute Gasteiger partial charge is 0.338 e. The number of halogens is 2. The molecule has 102 valence electrons. The van der Waals surface area contributed by atoms with Crippen LogP contribution in [0.5, 0.6) is 0 Å². The Balaban J connectivity index is 2.66. The van der Waals surface area contributed by atoms with E-state index < -0.39 is 17.5 Å². The second-order valence-electron chi connectivity index (χ2n) is 3.91. The normalized spacial score (nSPS) is 15.2. The number of Topliss-reactive ketones (excluding diaryl/α,β-unsaturated/α-hetero) is 1. The molecule has 0 amide bonds. The van der Waals surface area contributed by atoms with Gasteiger partial charge in [0.05, 0.1) is 23.3 Å². The number of hydrogen-bond donors (Lipinski definition) is 0. The fourth-order valence-electron chi connectivity index (χ4n) is 1.82. The van der Waals surface area contributed by atoms with Gasteiger partial charge in [-0.15, -0.1) is 0 Å². The van der Waals surface area contributed by atoms with Gasteiger partial charge in [-0.1, -0.05) is 41.4 Å². The summed E-state index contributed by atoms with van der Waals surface area (Å²) in [5.74, 6) is -1.81. The van der Waals surface area contributed by atoms with E-state index in [1.807, 2.05) is 0 Å². The predicted molar refractivity (Wildman–Crippen MR) is 74.5 cm³/mol. The molecular weight excluding hydrogens is 303 g/mol. The largest absolute Gasteiger partial charge is 0.465 e. The van der Waals surface area contributed by atoms with Crippen LogP contribution in [0.25, 0.3) is 5.57 Å². The van der Waals surface area contributed by atoms with Gasteiger partial charge >= 0.3 is 5.97 Å². The van der Waals surface area contributed by atoms with E-state index in [1.165, 1.54) is 19.2 Å². The highest BCUT2D eigenvalue weighted by atomic mass is 35.5. The number of rotatable bonds is 2. The van der Waals surface area contributed by atoms with Crippen molar-refractivity contribution >= 4 is 46.3 Å². The van der Waals surface area contributed by atoms with Gasteiger partial charge in [-0.05, 0) is 6.07 Å². The summed E-state index contributed by atoms with van der Waals surface area (Å²) >= 11 is 11.5. The van der Waals surface area contributed by atoms with Crippen molar-refractivity contribution in [2.45, 2.75) is 0 Å². The summed E-state index contributed by atoms with van der Waals surface area (Å²) in [5, 5.41) is -0.557. The van der Waals surface area contributed by atoms with Crippen LogP contribution < -0.4 is 0 Å². The molecule has 1 aliphatic rings. The molecule has 1 aromatic rings. The van der Waals surface area contributed by atoms with E-state index in [1.54, 1.807) is 12.1 Å². The van der Waals surface area contributed by atoms with E-state index in [-0.39, 0.29) is 26.8 Å². The van der Waals surface area contributed by atoms with Gasteiger partial charge in [0.25, 0.3) is 0 Å². The SMILES string of the molecule is COC(=O)c1ccccc1C1=C(Cl)C(=O)C(Cl)=CC1=O. The Morgan fingerprint density at radius 1 is 1.15 bits per heavy atom. The Morgan fingerprint density at radius 2 is 1.80 bits per heavy atom. The van der Waals surface area contributed by atoms with E-state index in [2.05, 4.69) is 4.74 Å². The van der Waals surface area contributed by atoms with Gasteiger partial charge in [0, 0.05) is 11.6 Å². The van der Waals surface area contributed by atoms with Crippen molar-refractivity contribution in [3.63, 3.8) is 0 Å². The summed E-state index contributed by atoms with van der Waals surface area (Å²) in [6.07, 6.45) is 0.985. The van der Waals surface area contributed by atoms with Gasteiger partial charge < -0.3 is 4.74 Å². The second kappa shape index (κ2) is 5.61. The number of ether oxygens (including phenoxy) is 1. The molecule has 2 rings (SSSR count). The Kier molecular flexibility index (Phi) is 4.06. The van der Waals surface area contributed by atoms with Crippen LogP contribution in [0.4, 0.5) is 0 Å². The number of hydrogen-bond acceptors (Lipinski definition) is 4. The zero-order chi connectivity index (χ0) is 14.9. The molecule has 1 aromatic carbocycles. The van der Waals surface area contributed by atoms with Crippen LogP contribution in [0.1, 0.15) is 15.9 Å². The molecule has 1 aliphatic carbocycles. The first-order chi connectivity index (χ1) is 9.47. The summed E-state index contributed by atoms with van der Waals surface area (Å²) in [6.45, 7) is 0. The molecule has 20 heavy (non-hydrogen) atoms. The standard InChI is InChI=1S/C14H8Cl2O4/c1-20-14(19)8-5-3-2-4-7(8)11-10(17)6-9(15)13(18)12(11)16/h2-6H,1H3. The molecule has 0 radical (unpaired) electrons. The first-order valence-corrected chi connectivity index (χ1v) is 6.26. The highest BCUT2D eigenvalue weighted by Gasteiger charge is 2.29. The Bertz CT molecular complexity index is 686. The lowest BCUT2D eigenvalue weighted by Crippen LogP contribution is -2.16. The van der Waals surface area contributed by atoms with E-state index in [0.29, 0.717) is 0 Å². The van der Waals surface area contributed by atoms with E-state index in [9.17, 15) is 14.4 Å². The molecule has 0 unspecified atom stereocenters. The number of allylic oxidation sites excluding steroid dienone is 4. The Labute approximate surface area is 124 Å². The number of esters is 1. The van der Waals surface area contributed by atoms with Crippen LogP contribution in [0, 0.1) is 0 Å². The maximum absolute atomic E-state index is 12.0. The second-order valence-corrected chi connectivity index (χ2v) is 4.70. The van der Waals surface area contributed by atoms with Gasteiger partial charge in [-0.2, -0.15) is 0 Å². The minimum Gasteiger partial charge on any atom is -0.465 e. The van der Waals surface area contributed by atoms with Gasteiger partial charge in [0.1, 0.15) is 5.03 Å². The maximum atomic E-state index is 12.0. The lowest BCUT2D eigenvalue weighted by atomic mass is 9.92. The molecule has 0 spiro atoms. The molecule has 0 atom stereocenters. The summed E-state index contributed by atoms with van der Waals surface area (Å²) in [5.41, 5.74) is 0.334. The van der Waals surface area contributed by atoms with Crippen LogP contribution in [0.2, 0.25) is 0 Å². The van der Waals surface area contributed by atoms with Crippen molar-refractivity contribution in [1.29, 1.82) is 0 Å². The molecule has 0 heterocycles. The van der Waals surface area contributed by atoms with Crippen LogP contribution >= 0.6 is 23.2 Å². The Morgan fingerprint density at radius 3 is 2.45 bits per heavy atom. The lowest BCUT2D eigenvalue weighted by molar-refractivity contribution is -0.113. The van der Waals surface area contributed by atoms with Crippen molar-refractivity contribution in [1.82, 2.24) is 0 Å². The summed E-state index contributed by atoms with van der Waals surface area (Å²) in [7, 11) is 1.22. The van der Waals surface area contributed by atoms with Crippen molar-refractivity contribution in [3.05, 3.63) is 51.5 Å². The van der Waals surface area contributed by atoms with Crippen molar-refractivity contribution in [2.75, 3.05) is 7.11 Å². The number of benzene rings is 1. The van der Waals surface area contributed by atoms with Crippen molar-refractivity contribution in [3.8, 4) is 0 Å². The van der Waals surface area contributed by atoms with Crippen LogP contribution in [-0.4, -0.2) is 24.6 Å². The molecule has 0 fully saturated rings. The summed E-state index contributed by atoms with van der Waals surface area (Å²) in [6, 6.07) is 6.23. The number of carbonyl (C=O) groups excluding carboxylic acids is 3. The Hall–Kier alpha value is -1.91. The van der Waals surface area contributed by atoms with Crippen molar-refractivity contribution in [2.24, 2.45) is 0 Å². The third-order valence-corrected chi connectivity index (χ3v) is 3.38. The molecule has 0 aliphatic heterocycles. The number of methoxy groups -OCH3 is 1. The maximum Gasteiger partial charge on any atom is 0.338 e. The summed E-state index contributed by atoms with van der Waals surface area (Å²) in [4.78, 5) is 35.5. The first-order valence-electron chi connectivity index (χ1n) is 5.51. The quantitative estimate of drug-likeness (QED) is 0.622. The van der Waals surface area contributed by atoms with Crippen LogP contribution in [0.15, 0.2) is 40.4 Å². The van der Waals surface area contributed by atoms with Crippen LogP contribution in [-0.2, 0) is 14.3 Å². The van der Waals surface area contributed by atoms with Gasteiger partial charge in [-0.25, -0.2) is 4.79 Å². The highest BCUT2D eigenvalue weighted by molar-refractivity contribution is 6.62. The van der Waals surface area contributed by atoms with E-state index in [0.717, 1.165) is 6.08 Å². The zero-order valence-corrected chi connectivity index (χ0v) is 11.8. The molecule has 0 saturated heterocycles. The predicted octanol–water partition coefficient (Wildman–Crippen LogP) is 2.70. The van der Waals surface area contributed by atoms with Gasteiger partial charge in [0.15, 0.2) is 5.78 Å². The lowest BCUT2D eigenvalue weighted by Gasteiger charge is -2.14. The molecule has 0 saturated carbocycles. The van der Waals surface area contributed by atoms with E-state index in [4.69, 9.17) is 23.2 Å². The molecule has 0 bridgehead atoms. The van der Waals surface area contributed by atoms with E-state index >= 15 is 0 Å². The van der Waals surface area contributed by atoms with Gasteiger partial charge in [0.2, 0.25) is 5.78 Å². The topological polar surface area (TPSA) is 60.4 Å². The van der Waals surface area contributed by atoms with Gasteiger partial charge in [-0.3, -0.25) is 9.59 Å². The number of carbonyl (C=O) groups is 3. The zero-order valence-electron chi connectivity index (χ0n) is 10.3. The average molecular weight is 311 g/mol. The molecule has 0 N–H and O–H groups in total. The molecule has 6 heteroatoms. The first kappa shape index (κ1) is 14.5. The minimum atomic E-state index is -0.650. The average Bonchev–Trinajstić information content (AvgIpc) is 2.44. The summed E-state index contributed by atoms with van der Waals surface area (Å²) < 4.78 is 4.64. The fraction of sp³-hybridized carbons (Fsp3) is 0.0714. The minimum absolute atomic E-state index is 0.0536. The molecular formula is C14H8Cl2O4. The monoisotopic (exact) mass is 310 g/mol. The molecule has 4 nitrogen and oxygen atoms in total. The number of ketones is 2. The van der Waals surface area contributed by atoms with Crippen LogP contribution in [0.3, 0.4) is 0 Å². The third-order valence-electron chi connectivity index (χ3n) is 2.74. The molecule has 0 aromatic heterocycles.